The zero-order valence-corrected chi connectivity index (χ0v) is 15.3. The van der Waals surface area contributed by atoms with Crippen molar-refractivity contribution >= 4 is 5.91 Å². The summed E-state index contributed by atoms with van der Waals surface area (Å²) in [5, 5.41) is 0. The molecular weight excluding hydrogens is 330 g/mol. The van der Waals surface area contributed by atoms with Crippen molar-refractivity contribution in [3.63, 3.8) is 0 Å². The highest BCUT2D eigenvalue weighted by molar-refractivity contribution is 5.77. The van der Waals surface area contributed by atoms with Crippen molar-refractivity contribution in [2.45, 2.75) is 20.0 Å². The zero-order chi connectivity index (χ0) is 18.4. The van der Waals surface area contributed by atoms with Crippen LogP contribution in [0, 0.1) is 13.8 Å². The monoisotopic (exact) mass is 355 g/mol. The maximum absolute atomic E-state index is 12.4. The molecule has 1 heterocycles. The lowest BCUT2D eigenvalue weighted by atomic mass is 10.2. The Morgan fingerprint density at radius 1 is 1.00 bits per heavy atom. The fraction of sp³-hybridized carbons (Fsp3) is 0.381. The molecule has 0 bridgehead atoms. The van der Waals surface area contributed by atoms with Crippen LogP contribution in [0.2, 0.25) is 0 Å². The molecule has 0 aromatic heterocycles. The van der Waals surface area contributed by atoms with Gasteiger partial charge in [-0.1, -0.05) is 35.4 Å². The van der Waals surface area contributed by atoms with Crippen LogP contribution in [-0.2, 0) is 9.53 Å². The molecule has 5 heteroatoms. The van der Waals surface area contributed by atoms with Crippen molar-refractivity contribution < 1.29 is 19.0 Å². The molecule has 1 amide bonds. The van der Waals surface area contributed by atoms with Crippen LogP contribution in [0.4, 0.5) is 0 Å². The summed E-state index contributed by atoms with van der Waals surface area (Å²) < 4.78 is 17.1. The Labute approximate surface area is 154 Å². The quantitative estimate of drug-likeness (QED) is 0.799. The van der Waals surface area contributed by atoms with Crippen molar-refractivity contribution in [1.29, 1.82) is 0 Å². The first-order valence-corrected chi connectivity index (χ1v) is 8.88. The second-order valence-electron chi connectivity index (χ2n) is 6.56. The van der Waals surface area contributed by atoms with Gasteiger partial charge in [0.15, 0.2) is 6.61 Å². The van der Waals surface area contributed by atoms with Gasteiger partial charge in [0.1, 0.15) is 24.2 Å². The van der Waals surface area contributed by atoms with E-state index in [4.69, 9.17) is 14.2 Å². The molecule has 0 spiro atoms. The summed E-state index contributed by atoms with van der Waals surface area (Å²) in [7, 11) is 0. The number of carbonyl (C=O) groups is 1. The predicted octanol–water partition coefficient (Wildman–Crippen LogP) is 2.99. The third-order valence-corrected chi connectivity index (χ3v) is 4.33. The van der Waals surface area contributed by atoms with E-state index in [0.717, 1.165) is 11.3 Å². The van der Waals surface area contributed by atoms with Gasteiger partial charge < -0.3 is 19.1 Å². The topological polar surface area (TPSA) is 48.0 Å². The lowest BCUT2D eigenvalue weighted by molar-refractivity contribution is -0.142. The van der Waals surface area contributed by atoms with Crippen LogP contribution < -0.4 is 9.47 Å². The van der Waals surface area contributed by atoms with Crippen molar-refractivity contribution in [3.8, 4) is 11.5 Å². The highest BCUT2D eigenvalue weighted by Gasteiger charge is 2.25. The van der Waals surface area contributed by atoms with Gasteiger partial charge in [-0.3, -0.25) is 4.79 Å². The molecule has 2 aromatic carbocycles. The van der Waals surface area contributed by atoms with E-state index < -0.39 is 0 Å². The molecular formula is C21H25NO4. The third-order valence-electron chi connectivity index (χ3n) is 4.33. The molecule has 1 aliphatic heterocycles. The first-order valence-electron chi connectivity index (χ1n) is 8.88. The summed E-state index contributed by atoms with van der Waals surface area (Å²) in [5.41, 5.74) is 2.35. The average Bonchev–Trinajstić information content (AvgIpc) is 2.67. The van der Waals surface area contributed by atoms with Gasteiger partial charge in [0, 0.05) is 6.54 Å². The van der Waals surface area contributed by atoms with Gasteiger partial charge in [-0.25, -0.2) is 0 Å². The summed E-state index contributed by atoms with van der Waals surface area (Å²) in [6, 6.07) is 15.6. The van der Waals surface area contributed by atoms with Gasteiger partial charge >= 0.3 is 0 Å². The number of hydrogen-bond acceptors (Lipinski definition) is 4. The maximum Gasteiger partial charge on any atom is 0.260 e. The molecule has 5 nitrogen and oxygen atoms in total. The number of benzene rings is 2. The molecule has 0 aliphatic carbocycles. The van der Waals surface area contributed by atoms with Gasteiger partial charge in [-0.15, -0.1) is 0 Å². The zero-order valence-electron chi connectivity index (χ0n) is 15.3. The van der Waals surface area contributed by atoms with E-state index in [-0.39, 0.29) is 18.6 Å². The van der Waals surface area contributed by atoms with Crippen LogP contribution >= 0.6 is 0 Å². The van der Waals surface area contributed by atoms with E-state index in [1.165, 1.54) is 5.56 Å². The van der Waals surface area contributed by atoms with Gasteiger partial charge in [0.05, 0.1) is 13.2 Å². The highest BCUT2D eigenvalue weighted by Crippen LogP contribution is 2.15. The number of carbonyl (C=O) groups excluding carboxylic acids is 1. The molecule has 138 valence electrons. The summed E-state index contributed by atoms with van der Waals surface area (Å²) >= 11 is 0. The van der Waals surface area contributed by atoms with Crippen molar-refractivity contribution in [1.82, 2.24) is 4.90 Å². The number of ether oxygens (including phenoxy) is 3. The van der Waals surface area contributed by atoms with Crippen LogP contribution in [-0.4, -0.2) is 49.8 Å². The lowest BCUT2D eigenvalue weighted by Gasteiger charge is -2.32. The molecule has 1 atom stereocenters. The van der Waals surface area contributed by atoms with E-state index >= 15 is 0 Å². The van der Waals surface area contributed by atoms with E-state index in [0.29, 0.717) is 32.1 Å². The maximum atomic E-state index is 12.4. The van der Waals surface area contributed by atoms with Crippen LogP contribution in [0.25, 0.3) is 0 Å². The van der Waals surface area contributed by atoms with Crippen molar-refractivity contribution in [3.05, 3.63) is 59.7 Å². The molecule has 1 aliphatic rings. The molecule has 0 unspecified atom stereocenters. The van der Waals surface area contributed by atoms with E-state index in [1.54, 1.807) is 4.90 Å². The van der Waals surface area contributed by atoms with Crippen molar-refractivity contribution in [2.75, 3.05) is 32.9 Å². The number of amides is 1. The number of aryl methyl sites for hydroxylation is 2. The summed E-state index contributed by atoms with van der Waals surface area (Å²) in [5.74, 6) is 1.48. The van der Waals surface area contributed by atoms with Gasteiger partial charge in [-0.2, -0.15) is 0 Å². The lowest BCUT2D eigenvalue weighted by Crippen LogP contribution is -2.49. The molecule has 3 rings (SSSR count). The minimum absolute atomic E-state index is 0.0331. The fourth-order valence-corrected chi connectivity index (χ4v) is 2.74. The Bertz CT molecular complexity index is 712. The van der Waals surface area contributed by atoms with E-state index in [2.05, 4.69) is 0 Å². The minimum atomic E-state index is -0.131. The Balaban J connectivity index is 1.45. The average molecular weight is 355 g/mol. The Morgan fingerprint density at radius 3 is 2.19 bits per heavy atom. The van der Waals surface area contributed by atoms with Crippen LogP contribution in [0.3, 0.4) is 0 Å². The van der Waals surface area contributed by atoms with Gasteiger partial charge in [0.25, 0.3) is 5.91 Å². The Hall–Kier alpha value is -2.53. The van der Waals surface area contributed by atoms with Crippen LogP contribution in [0.5, 0.6) is 11.5 Å². The van der Waals surface area contributed by atoms with Gasteiger partial charge in [-0.05, 0) is 38.1 Å². The minimum Gasteiger partial charge on any atom is -0.491 e. The largest absolute Gasteiger partial charge is 0.491 e. The molecule has 0 saturated carbocycles. The first kappa shape index (κ1) is 18.3. The number of nitrogens with zero attached hydrogens (tertiary/aromatic N) is 1. The summed E-state index contributed by atoms with van der Waals surface area (Å²) in [6.07, 6.45) is -0.131. The predicted molar refractivity (Wildman–Crippen MR) is 99.7 cm³/mol. The second-order valence-corrected chi connectivity index (χ2v) is 6.56. The molecule has 2 aromatic rings. The fourth-order valence-electron chi connectivity index (χ4n) is 2.74. The molecule has 1 saturated heterocycles. The third kappa shape index (κ3) is 5.23. The molecule has 0 N–H and O–H groups in total. The Kier molecular flexibility index (Phi) is 6.12. The first-order chi connectivity index (χ1) is 12.6. The number of rotatable bonds is 6. The van der Waals surface area contributed by atoms with Crippen LogP contribution in [0.1, 0.15) is 11.1 Å². The Morgan fingerprint density at radius 2 is 1.58 bits per heavy atom. The van der Waals surface area contributed by atoms with Crippen molar-refractivity contribution in [2.24, 2.45) is 0 Å². The summed E-state index contributed by atoms with van der Waals surface area (Å²) in [4.78, 5) is 14.2. The standard InChI is InChI=1S/C21H25NO4/c1-16-3-7-18(8-4-16)25-14-20-13-22(11-12-24-20)21(23)15-26-19-9-5-17(2)6-10-19/h3-10,20H,11-15H2,1-2H3/t20-/m0/s1. The highest BCUT2D eigenvalue weighted by atomic mass is 16.5. The van der Waals surface area contributed by atoms with Crippen LogP contribution in [0.15, 0.2) is 48.5 Å². The summed E-state index contributed by atoms with van der Waals surface area (Å²) in [6.45, 7) is 6.12. The van der Waals surface area contributed by atoms with E-state index in [1.807, 2.05) is 62.4 Å². The SMILES string of the molecule is Cc1ccc(OCC(=O)N2CCO[C@H](COc3ccc(C)cc3)C2)cc1. The van der Waals surface area contributed by atoms with Gasteiger partial charge in [0.2, 0.25) is 0 Å². The van der Waals surface area contributed by atoms with E-state index in [9.17, 15) is 4.79 Å². The molecule has 0 radical (unpaired) electrons. The normalized spacial score (nSPS) is 17.0. The molecule has 1 fully saturated rings. The molecule has 26 heavy (non-hydrogen) atoms. The second kappa shape index (κ2) is 8.72. The smallest absolute Gasteiger partial charge is 0.260 e. The number of morpholine rings is 1. The number of hydrogen-bond donors (Lipinski definition) is 0.